The SMILES string of the molecule is COC(=O)CC1(C(=O)OC)CC1(C)C. The van der Waals surface area contributed by atoms with E-state index in [1.54, 1.807) is 0 Å². The van der Waals surface area contributed by atoms with E-state index < -0.39 is 5.41 Å². The van der Waals surface area contributed by atoms with Gasteiger partial charge in [0.2, 0.25) is 0 Å². The van der Waals surface area contributed by atoms with E-state index >= 15 is 0 Å². The number of hydrogen-bond donors (Lipinski definition) is 0. The van der Waals surface area contributed by atoms with E-state index in [0.29, 0.717) is 6.42 Å². The van der Waals surface area contributed by atoms with Gasteiger partial charge in [0.25, 0.3) is 0 Å². The monoisotopic (exact) mass is 200 g/mol. The van der Waals surface area contributed by atoms with Crippen LogP contribution in [-0.2, 0) is 19.1 Å². The zero-order chi connectivity index (χ0) is 11.0. The van der Waals surface area contributed by atoms with E-state index in [4.69, 9.17) is 4.74 Å². The molecule has 1 unspecified atom stereocenters. The van der Waals surface area contributed by atoms with Crippen LogP contribution in [0.1, 0.15) is 26.7 Å². The number of ether oxygens (including phenoxy) is 2. The molecule has 14 heavy (non-hydrogen) atoms. The fraction of sp³-hybridized carbons (Fsp3) is 0.800. The first-order chi connectivity index (χ1) is 6.39. The van der Waals surface area contributed by atoms with Gasteiger partial charge in [-0.1, -0.05) is 13.8 Å². The van der Waals surface area contributed by atoms with Gasteiger partial charge in [-0.3, -0.25) is 9.59 Å². The number of carbonyl (C=O) groups is 2. The van der Waals surface area contributed by atoms with Crippen molar-refractivity contribution in [3.63, 3.8) is 0 Å². The molecular formula is C10H16O4. The predicted molar refractivity (Wildman–Crippen MR) is 49.5 cm³/mol. The van der Waals surface area contributed by atoms with Crippen LogP contribution in [0.25, 0.3) is 0 Å². The highest BCUT2D eigenvalue weighted by Gasteiger charge is 2.68. The molecule has 4 heteroatoms. The minimum absolute atomic E-state index is 0.114. The molecule has 0 saturated heterocycles. The fourth-order valence-corrected chi connectivity index (χ4v) is 1.95. The summed E-state index contributed by atoms with van der Waals surface area (Å²) in [5.41, 5.74) is -0.816. The molecule has 0 bridgehead atoms. The predicted octanol–water partition coefficient (Wildman–Crippen LogP) is 1.14. The van der Waals surface area contributed by atoms with Crippen LogP contribution in [0.5, 0.6) is 0 Å². The van der Waals surface area contributed by atoms with Crippen LogP contribution in [0, 0.1) is 10.8 Å². The molecule has 4 nitrogen and oxygen atoms in total. The molecule has 0 amide bonds. The third-order valence-electron chi connectivity index (χ3n) is 3.16. The van der Waals surface area contributed by atoms with E-state index in [-0.39, 0.29) is 23.8 Å². The van der Waals surface area contributed by atoms with Gasteiger partial charge in [-0.15, -0.1) is 0 Å². The number of rotatable bonds is 3. The second-order valence-corrected chi connectivity index (χ2v) is 4.39. The van der Waals surface area contributed by atoms with Crippen molar-refractivity contribution >= 4 is 11.9 Å². The normalized spacial score (nSPS) is 28.0. The highest BCUT2D eigenvalue weighted by atomic mass is 16.5. The minimum atomic E-state index is -0.658. The maximum absolute atomic E-state index is 11.5. The summed E-state index contributed by atoms with van der Waals surface area (Å²) in [5.74, 6) is -0.672. The molecule has 80 valence electrons. The van der Waals surface area contributed by atoms with Gasteiger partial charge in [-0.2, -0.15) is 0 Å². The smallest absolute Gasteiger partial charge is 0.312 e. The van der Waals surface area contributed by atoms with Gasteiger partial charge >= 0.3 is 11.9 Å². The maximum Gasteiger partial charge on any atom is 0.312 e. The van der Waals surface area contributed by atoms with Crippen LogP contribution in [0.4, 0.5) is 0 Å². The number of carbonyl (C=O) groups excluding carboxylic acids is 2. The largest absolute Gasteiger partial charge is 0.469 e. The molecule has 0 aromatic carbocycles. The Balaban J connectivity index is 2.77. The van der Waals surface area contributed by atoms with Crippen LogP contribution in [-0.4, -0.2) is 26.2 Å². The zero-order valence-electron chi connectivity index (χ0n) is 9.05. The van der Waals surface area contributed by atoms with Crippen LogP contribution in [0.15, 0.2) is 0 Å². The maximum atomic E-state index is 11.5. The molecule has 0 aliphatic heterocycles. The van der Waals surface area contributed by atoms with Crippen molar-refractivity contribution in [2.75, 3.05) is 14.2 Å². The van der Waals surface area contributed by atoms with Gasteiger partial charge in [0.05, 0.1) is 26.1 Å². The molecular weight excluding hydrogens is 184 g/mol. The topological polar surface area (TPSA) is 52.6 Å². The summed E-state index contributed by atoms with van der Waals surface area (Å²) < 4.78 is 9.28. The molecule has 0 N–H and O–H groups in total. The Morgan fingerprint density at radius 2 is 1.71 bits per heavy atom. The molecule has 1 atom stereocenters. The highest BCUT2D eigenvalue weighted by molar-refractivity contribution is 5.87. The van der Waals surface area contributed by atoms with Crippen molar-refractivity contribution in [1.82, 2.24) is 0 Å². The molecule has 0 aromatic heterocycles. The first-order valence-electron chi connectivity index (χ1n) is 4.55. The van der Waals surface area contributed by atoms with Crippen LogP contribution in [0.3, 0.4) is 0 Å². The average molecular weight is 200 g/mol. The Labute approximate surface area is 83.6 Å². The number of hydrogen-bond acceptors (Lipinski definition) is 4. The van der Waals surface area contributed by atoms with Crippen molar-refractivity contribution in [3.8, 4) is 0 Å². The molecule has 1 aliphatic carbocycles. The summed E-state index contributed by atoms with van der Waals surface area (Å²) in [5, 5.41) is 0. The van der Waals surface area contributed by atoms with E-state index in [0.717, 1.165) is 0 Å². The quantitative estimate of drug-likeness (QED) is 0.641. The van der Waals surface area contributed by atoms with Crippen molar-refractivity contribution in [3.05, 3.63) is 0 Å². The van der Waals surface area contributed by atoms with Gasteiger partial charge < -0.3 is 9.47 Å². The molecule has 1 rings (SSSR count). The minimum Gasteiger partial charge on any atom is -0.469 e. The summed E-state index contributed by atoms with van der Waals surface area (Å²) in [6.07, 6.45) is 0.797. The van der Waals surface area contributed by atoms with E-state index in [1.165, 1.54) is 14.2 Å². The van der Waals surface area contributed by atoms with E-state index in [2.05, 4.69) is 4.74 Å². The standard InChI is InChI=1S/C10H16O4/c1-9(2)6-10(9,8(12)14-4)5-7(11)13-3/h5-6H2,1-4H3. The lowest BCUT2D eigenvalue weighted by Gasteiger charge is -2.16. The van der Waals surface area contributed by atoms with E-state index in [1.807, 2.05) is 13.8 Å². The number of methoxy groups -OCH3 is 2. The van der Waals surface area contributed by atoms with Gasteiger partial charge in [-0.05, 0) is 11.8 Å². The van der Waals surface area contributed by atoms with Gasteiger partial charge in [-0.25, -0.2) is 0 Å². The summed E-state index contributed by atoms with van der Waals surface area (Å²) in [6, 6.07) is 0. The molecule has 0 spiro atoms. The average Bonchev–Trinajstić information content (AvgIpc) is 2.68. The molecule has 0 heterocycles. The Bertz CT molecular complexity index is 269. The molecule has 0 radical (unpaired) electrons. The lowest BCUT2D eigenvalue weighted by atomic mass is 9.92. The summed E-state index contributed by atoms with van der Waals surface area (Å²) in [4.78, 5) is 22.7. The first kappa shape index (κ1) is 11.0. The van der Waals surface area contributed by atoms with Crippen molar-refractivity contribution in [2.45, 2.75) is 26.7 Å². The fourth-order valence-electron chi connectivity index (χ4n) is 1.95. The molecule has 1 fully saturated rings. The summed E-state index contributed by atoms with van der Waals surface area (Å²) >= 11 is 0. The van der Waals surface area contributed by atoms with Gasteiger partial charge in [0.1, 0.15) is 0 Å². The Morgan fingerprint density at radius 3 is 2.00 bits per heavy atom. The van der Waals surface area contributed by atoms with Gasteiger partial charge in [0, 0.05) is 0 Å². The van der Waals surface area contributed by atoms with Crippen molar-refractivity contribution in [2.24, 2.45) is 10.8 Å². The highest BCUT2D eigenvalue weighted by Crippen LogP contribution is 2.66. The molecule has 0 aromatic rings. The van der Waals surface area contributed by atoms with Crippen molar-refractivity contribution in [1.29, 1.82) is 0 Å². The summed E-state index contributed by atoms with van der Waals surface area (Å²) in [6.45, 7) is 3.90. The third kappa shape index (κ3) is 1.49. The lowest BCUT2D eigenvalue weighted by molar-refractivity contribution is -0.155. The number of esters is 2. The van der Waals surface area contributed by atoms with Gasteiger partial charge in [0.15, 0.2) is 0 Å². The zero-order valence-corrected chi connectivity index (χ0v) is 9.05. The van der Waals surface area contributed by atoms with Crippen LogP contribution in [0.2, 0.25) is 0 Å². The summed E-state index contributed by atoms with van der Waals surface area (Å²) in [7, 11) is 2.67. The van der Waals surface area contributed by atoms with Crippen LogP contribution < -0.4 is 0 Å². The van der Waals surface area contributed by atoms with Crippen molar-refractivity contribution < 1.29 is 19.1 Å². The molecule has 1 aliphatic rings. The van der Waals surface area contributed by atoms with Crippen LogP contribution >= 0.6 is 0 Å². The second-order valence-electron chi connectivity index (χ2n) is 4.39. The first-order valence-corrected chi connectivity index (χ1v) is 4.55. The second kappa shape index (κ2) is 3.26. The van der Waals surface area contributed by atoms with E-state index in [9.17, 15) is 9.59 Å². The Morgan fingerprint density at radius 1 is 1.21 bits per heavy atom. The third-order valence-corrected chi connectivity index (χ3v) is 3.16. The molecule has 1 saturated carbocycles. The Hall–Kier alpha value is -1.06. The Kier molecular flexibility index (Phi) is 2.56. The lowest BCUT2D eigenvalue weighted by Crippen LogP contribution is -2.26.